The van der Waals surface area contributed by atoms with Gasteiger partial charge in [-0.1, -0.05) is 18.2 Å². The van der Waals surface area contributed by atoms with Gasteiger partial charge in [0.25, 0.3) is 0 Å². The molecule has 2 unspecified atom stereocenters. The molecule has 0 spiro atoms. The predicted molar refractivity (Wildman–Crippen MR) is 64.9 cm³/mol. The lowest BCUT2D eigenvalue weighted by Crippen LogP contribution is -2.42. The van der Waals surface area contributed by atoms with Crippen molar-refractivity contribution in [2.24, 2.45) is 0 Å². The molecular weight excluding hydrogens is 200 g/mol. The van der Waals surface area contributed by atoms with Crippen molar-refractivity contribution < 1.29 is 4.74 Å². The highest BCUT2D eigenvalue weighted by Gasteiger charge is 2.25. The number of para-hydroxylation sites is 1. The molecule has 86 valence electrons. The summed E-state index contributed by atoms with van der Waals surface area (Å²) in [6.45, 7) is 3.78. The van der Waals surface area contributed by atoms with E-state index in [0.29, 0.717) is 12.0 Å². The summed E-state index contributed by atoms with van der Waals surface area (Å²) in [5.41, 5.74) is 2.78. The first kappa shape index (κ1) is 10.1. The summed E-state index contributed by atoms with van der Waals surface area (Å²) < 4.78 is 5.50. The van der Waals surface area contributed by atoms with Crippen molar-refractivity contribution in [1.29, 1.82) is 0 Å². The van der Waals surface area contributed by atoms with Crippen LogP contribution in [0.25, 0.3) is 0 Å². The Bertz CT molecular complexity index is 361. The molecule has 2 atom stereocenters. The lowest BCUT2D eigenvalue weighted by atomic mass is 9.94. The Hall–Kier alpha value is -1.06. The van der Waals surface area contributed by atoms with E-state index in [1.807, 2.05) is 0 Å². The summed E-state index contributed by atoms with van der Waals surface area (Å²) in [7, 11) is 0. The Kier molecular flexibility index (Phi) is 2.80. The van der Waals surface area contributed by atoms with Crippen molar-refractivity contribution in [2.45, 2.75) is 18.4 Å². The summed E-state index contributed by atoms with van der Waals surface area (Å²) in [5.74, 6) is 0.635. The standard InChI is InChI=1S/C13H18N2O/c1-2-4-13-12(3-1)10(8-15-13)7-11-9-16-6-5-14-11/h1-4,10-11,14-15H,5-9H2. The van der Waals surface area contributed by atoms with E-state index >= 15 is 0 Å². The van der Waals surface area contributed by atoms with E-state index in [0.717, 1.165) is 26.3 Å². The summed E-state index contributed by atoms with van der Waals surface area (Å²) in [4.78, 5) is 0. The molecule has 16 heavy (non-hydrogen) atoms. The van der Waals surface area contributed by atoms with E-state index in [1.165, 1.54) is 17.7 Å². The van der Waals surface area contributed by atoms with E-state index in [2.05, 4.69) is 34.9 Å². The Morgan fingerprint density at radius 3 is 3.12 bits per heavy atom. The SMILES string of the molecule is c1ccc2c(c1)NCC2CC1COCCN1. The number of hydrogen-bond acceptors (Lipinski definition) is 3. The highest BCUT2D eigenvalue weighted by molar-refractivity contribution is 5.57. The summed E-state index contributed by atoms with van der Waals surface area (Å²) in [5, 5.41) is 7.00. The minimum absolute atomic E-state index is 0.520. The first-order valence-corrected chi connectivity index (χ1v) is 6.07. The number of benzene rings is 1. The van der Waals surface area contributed by atoms with Crippen molar-refractivity contribution in [2.75, 3.05) is 31.6 Å². The Balaban J connectivity index is 1.68. The van der Waals surface area contributed by atoms with E-state index < -0.39 is 0 Å². The van der Waals surface area contributed by atoms with Crippen LogP contribution < -0.4 is 10.6 Å². The van der Waals surface area contributed by atoms with Gasteiger partial charge in [0, 0.05) is 30.7 Å². The van der Waals surface area contributed by atoms with E-state index in [9.17, 15) is 0 Å². The van der Waals surface area contributed by atoms with Gasteiger partial charge in [0.15, 0.2) is 0 Å². The van der Waals surface area contributed by atoms with Crippen LogP contribution in [0.15, 0.2) is 24.3 Å². The van der Waals surface area contributed by atoms with Gasteiger partial charge in [0.05, 0.1) is 13.2 Å². The molecule has 2 N–H and O–H groups in total. The summed E-state index contributed by atoms with van der Waals surface area (Å²) in [6, 6.07) is 9.15. The number of morpholine rings is 1. The molecule has 3 heteroatoms. The zero-order valence-electron chi connectivity index (χ0n) is 9.41. The zero-order valence-corrected chi connectivity index (χ0v) is 9.41. The number of rotatable bonds is 2. The summed E-state index contributed by atoms with van der Waals surface area (Å²) in [6.07, 6.45) is 1.17. The fraction of sp³-hybridized carbons (Fsp3) is 0.538. The molecule has 0 aromatic heterocycles. The molecule has 0 amide bonds. The van der Waals surface area contributed by atoms with Crippen LogP contribution in [0.4, 0.5) is 5.69 Å². The van der Waals surface area contributed by atoms with Crippen LogP contribution in [0, 0.1) is 0 Å². The van der Waals surface area contributed by atoms with Crippen LogP contribution in [0.1, 0.15) is 17.9 Å². The van der Waals surface area contributed by atoms with Gasteiger partial charge >= 0.3 is 0 Å². The molecule has 2 aliphatic rings. The van der Waals surface area contributed by atoms with Crippen molar-refractivity contribution in [3.05, 3.63) is 29.8 Å². The van der Waals surface area contributed by atoms with Crippen LogP contribution in [0.5, 0.6) is 0 Å². The van der Waals surface area contributed by atoms with Crippen LogP contribution in [0.3, 0.4) is 0 Å². The number of ether oxygens (including phenoxy) is 1. The Morgan fingerprint density at radius 1 is 1.31 bits per heavy atom. The Morgan fingerprint density at radius 2 is 2.25 bits per heavy atom. The maximum atomic E-state index is 5.50. The van der Waals surface area contributed by atoms with Gasteiger partial charge < -0.3 is 15.4 Å². The second-order valence-electron chi connectivity index (χ2n) is 4.63. The first-order valence-electron chi connectivity index (χ1n) is 6.07. The molecule has 2 heterocycles. The lowest BCUT2D eigenvalue weighted by Gasteiger charge is -2.26. The molecule has 2 aliphatic heterocycles. The van der Waals surface area contributed by atoms with Gasteiger partial charge in [-0.2, -0.15) is 0 Å². The second kappa shape index (κ2) is 4.44. The highest BCUT2D eigenvalue weighted by Crippen LogP contribution is 2.34. The molecule has 0 bridgehead atoms. The van der Waals surface area contributed by atoms with E-state index in [4.69, 9.17) is 4.74 Å². The van der Waals surface area contributed by atoms with Gasteiger partial charge in [-0.25, -0.2) is 0 Å². The Labute approximate surface area is 96.2 Å². The second-order valence-corrected chi connectivity index (χ2v) is 4.63. The number of fused-ring (bicyclic) bond motifs is 1. The van der Waals surface area contributed by atoms with Gasteiger partial charge in [-0.15, -0.1) is 0 Å². The maximum absolute atomic E-state index is 5.50. The maximum Gasteiger partial charge on any atom is 0.0620 e. The smallest absolute Gasteiger partial charge is 0.0620 e. The monoisotopic (exact) mass is 218 g/mol. The number of anilines is 1. The molecule has 0 radical (unpaired) electrons. The van der Waals surface area contributed by atoms with Gasteiger partial charge in [-0.3, -0.25) is 0 Å². The lowest BCUT2D eigenvalue weighted by molar-refractivity contribution is 0.0724. The molecular formula is C13H18N2O. The van der Waals surface area contributed by atoms with Crippen molar-refractivity contribution in [1.82, 2.24) is 5.32 Å². The van der Waals surface area contributed by atoms with Crippen LogP contribution in [0.2, 0.25) is 0 Å². The molecule has 1 saturated heterocycles. The normalized spacial score (nSPS) is 28.5. The average molecular weight is 218 g/mol. The van der Waals surface area contributed by atoms with Crippen LogP contribution >= 0.6 is 0 Å². The third-order valence-corrected chi connectivity index (χ3v) is 3.51. The van der Waals surface area contributed by atoms with E-state index in [-0.39, 0.29) is 0 Å². The first-order chi connectivity index (χ1) is 7.93. The van der Waals surface area contributed by atoms with Gasteiger partial charge in [0.1, 0.15) is 0 Å². The molecule has 3 rings (SSSR count). The quantitative estimate of drug-likeness (QED) is 0.790. The fourth-order valence-corrected chi connectivity index (χ4v) is 2.68. The molecule has 3 nitrogen and oxygen atoms in total. The third-order valence-electron chi connectivity index (χ3n) is 3.51. The van der Waals surface area contributed by atoms with Crippen molar-refractivity contribution >= 4 is 5.69 Å². The zero-order chi connectivity index (χ0) is 10.8. The molecule has 1 aromatic carbocycles. The molecule has 1 aromatic rings. The third kappa shape index (κ3) is 1.93. The van der Waals surface area contributed by atoms with Crippen LogP contribution in [-0.4, -0.2) is 32.3 Å². The fourth-order valence-electron chi connectivity index (χ4n) is 2.68. The summed E-state index contributed by atoms with van der Waals surface area (Å²) >= 11 is 0. The van der Waals surface area contributed by atoms with Crippen LogP contribution in [-0.2, 0) is 4.74 Å². The minimum atomic E-state index is 0.520. The number of nitrogens with one attached hydrogen (secondary N) is 2. The topological polar surface area (TPSA) is 33.3 Å². The number of hydrogen-bond donors (Lipinski definition) is 2. The molecule has 0 aliphatic carbocycles. The van der Waals surface area contributed by atoms with E-state index in [1.54, 1.807) is 0 Å². The van der Waals surface area contributed by atoms with Gasteiger partial charge in [-0.05, 0) is 18.1 Å². The van der Waals surface area contributed by atoms with Crippen molar-refractivity contribution in [3.63, 3.8) is 0 Å². The largest absolute Gasteiger partial charge is 0.384 e. The van der Waals surface area contributed by atoms with Gasteiger partial charge in [0.2, 0.25) is 0 Å². The highest BCUT2D eigenvalue weighted by atomic mass is 16.5. The molecule has 1 fully saturated rings. The molecule has 0 saturated carbocycles. The average Bonchev–Trinajstić information content (AvgIpc) is 2.74. The minimum Gasteiger partial charge on any atom is -0.384 e. The van der Waals surface area contributed by atoms with Crippen molar-refractivity contribution in [3.8, 4) is 0 Å². The predicted octanol–water partition coefficient (Wildman–Crippen LogP) is 1.57.